The molecule has 0 fully saturated rings. The normalized spacial score (nSPS) is 11.1. The largest absolute Gasteiger partial charge is 0.493 e. The van der Waals surface area contributed by atoms with Gasteiger partial charge in [0.25, 0.3) is 5.91 Å². The van der Waals surface area contributed by atoms with Gasteiger partial charge in [0.15, 0.2) is 15.8 Å². The summed E-state index contributed by atoms with van der Waals surface area (Å²) in [4.78, 5) is 16.6. The average Bonchev–Trinajstić information content (AvgIpc) is 3.25. The number of carbonyl (C=O) groups excluding carboxylic acids is 1. The van der Waals surface area contributed by atoms with Crippen LogP contribution in [-0.4, -0.2) is 30.0 Å². The molecule has 1 heterocycles. The van der Waals surface area contributed by atoms with Gasteiger partial charge in [-0.1, -0.05) is 47.6 Å². The van der Waals surface area contributed by atoms with Crippen LogP contribution >= 0.6 is 34.7 Å². The first-order valence-corrected chi connectivity index (χ1v) is 12.1. The molecule has 0 radical (unpaired) electrons. The number of hydrogen-bond donors (Lipinski definition) is 1. The second kappa shape index (κ2) is 11.2. The number of benzene rings is 3. The average molecular weight is 498 g/mol. The molecule has 9 heteroatoms. The number of rotatable bonds is 9. The van der Waals surface area contributed by atoms with E-state index < -0.39 is 0 Å². The molecule has 0 saturated carbocycles. The first-order chi connectivity index (χ1) is 16.1. The van der Waals surface area contributed by atoms with E-state index in [1.165, 1.54) is 11.8 Å². The highest BCUT2D eigenvalue weighted by atomic mass is 35.5. The Kier molecular flexibility index (Phi) is 7.83. The lowest BCUT2D eigenvalue weighted by atomic mass is 10.2. The molecule has 0 aliphatic carbocycles. The Hall–Kier alpha value is -3.07. The SMILES string of the molecule is COc1cc(/C=N\NC(=O)CSc2nc3ccccc3s2)ccc1OCc1cccc(Cl)c1. The summed E-state index contributed by atoms with van der Waals surface area (Å²) < 4.78 is 13.2. The molecule has 168 valence electrons. The minimum Gasteiger partial charge on any atom is -0.493 e. The number of aromatic nitrogens is 1. The highest BCUT2D eigenvalue weighted by Gasteiger charge is 2.08. The predicted molar refractivity (Wildman–Crippen MR) is 135 cm³/mol. The molecule has 4 aromatic rings. The zero-order valence-corrected chi connectivity index (χ0v) is 20.0. The van der Waals surface area contributed by atoms with E-state index in [0.717, 1.165) is 25.7 Å². The lowest BCUT2D eigenvalue weighted by Crippen LogP contribution is -2.19. The highest BCUT2D eigenvalue weighted by molar-refractivity contribution is 8.01. The van der Waals surface area contributed by atoms with Crippen LogP contribution in [0.4, 0.5) is 0 Å². The number of methoxy groups -OCH3 is 1. The van der Waals surface area contributed by atoms with E-state index in [0.29, 0.717) is 23.1 Å². The van der Waals surface area contributed by atoms with Crippen molar-refractivity contribution >= 4 is 57.0 Å². The van der Waals surface area contributed by atoms with Gasteiger partial charge in [0, 0.05) is 5.02 Å². The number of hydrazone groups is 1. The molecule has 0 saturated heterocycles. The van der Waals surface area contributed by atoms with Crippen LogP contribution in [0.1, 0.15) is 11.1 Å². The zero-order chi connectivity index (χ0) is 23.0. The second-order valence-corrected chi connectivity index (χ2v) is 9.55. The number of fused-ring (bicyclic) bond motifs is 1. The Bertz CT molecular complexity index is 1260. The van der Waals surface area contributed by atoms with E-state index in [-0.39, 0.29) is 11.7 Å². The van der Waals surface area contributed by atoms with Gasteiger partial charge >= 0.3 is 0 Å². The van der Waals surface area contributed by atoms with Crippen molar-refractivity contribution in [1.29, 1.82) is 0 Å². The summed E-state index contributed by atoms with van der Waals surface area (Å²) in [6.45, 7) is 0.368. The number of thiazole rings is 1. The maximum absolute atomic E-state index is 12.1. The summed E-state index contributed by atoms with van der Waals surface area (Å²) in [5.41, 5.74) is 5.21. The molecule has 6 nitrogen and oxygen atoms in total. The van der Waals surface area contributed by atoms with E-state index in [9.17, 15) is 4.79 Å². The van der Waals surface area contributed by atoms with E-state index in [2.05, 4.69) is 15.5 Å². The molecule has 0 atom stereocenters. The van der Waals surface area contributed by atoms with Crippen LogP contribution in [-0.2, 0) is 11.4 Å². The topological polar surface area (TPSA) is 72.8 Å². The van der Waals surface area contributed by atoms with E-state index in [1.54, 1.807) is 36.8 Å². The van der Waals surface area contributed by atoms with Crippen molar-refractivity contribution in [3.05, 3.63) is 82.9 Å². The summed E-state index contributed by atoms with van der Waals surface area (Å²) in [6.07, 6.45) is 1.56. The fourth-order valence-electron chi connectivity index (χ4n) is 2.92. The van der Waals surface area contributed by atoms with Gasteiger partial charge in [0.05, 0.1) is 29.3 Å². The van der Waals surface area contributed by atoms with Crippen molar-refractivity contribution in [2.75, 3.05) is 12.9 Å². The maximum atomic E-state index is 12.1. The molecule has 33 heavy (non-hydrogen) atoms. The first kappa shape index (κ1) is 23.1. The van der Waals surface area contributed by atoms with Crippen molar-refractivity contribution in [1.82, 2.24) is 10.4 Å². The Morgan fingerprint density at radius 1 is 1.15 bits per heavy atom. The summed E-state index contributed by atoms with van der Waals surface area (Å²) in [5, 5.41) is 4.70. The van der Waals surface area contributed by atoms with Gasteiger partial charge in [-0.3, -0.25) is 4.79 Å². The van der Waals surface area contributed by atoms with Gasteiger partial charge in [-0.05, 0) is 53.6 Å². The Morgan fingerprint density at radius 2 is 2.03 bits per heavy atom. The van der Waals surface area contributed by atoms with Gasteiger partial charge < -0.3 is 9.47 Å². The molecule has 0 spiro atoms. The molecule has 0 unspecified atom stereocenters. The number of amides is 1. The minimum absolute atomic E-state index is 0.205. The summed E-state index contributed by atoms with van der Waals surface area (Å²) in [7, 11) is 1.57. The summed E-state index contributed by atoms with van der Waals surface area (Å²) in [5.74, 6) is 1.20. The monoisotopic (exact) mass is 497 g/mol. The van der Waals surface area contributed by atoms with E-state index in [1.807, 2.05) is 54.6 Å². The summed E-state index contributed by atoms with van der Waals surface area (Å²) in [6, 6.07) is 20.8. The number of ether oxygens (including phenoxy) is 2. The Morgan fingerprint density at radius 3 is 2.85 bits per heavy atom. The second-order valence-electron chi connectivity index (χ2n) is 6.86. The van der Waals surface area contributed by atoms with Gasteiger partial charge in [0.2, 0.25) is 0 Å². The van der Waals surface area contributed by atoms with Crippen molar-refractivity contribution in [2.45, 2.75) is 10.9 Å². The summed E-state index contributed by atoms with van der Waals surface area (Å²) >= 11 is 8.97. The smallest absolute Gasteiger partial charge is 0.250 e. The molecule has 3 aromatic carbocycles. The molecular formula is C24H20ClN3O3S2. The zero-order valence-electron chi connectivity index (χ0n) is 17.7. The lowest BCUT2D eigenvalue weighted by molar-refractivity contribution is -0.118. The number of nitrogens with zero attached hydrogens (tertiary/aromatic N) is 2. The van der Waals surface area contributed by atoms with Crippen LogP contribution in [0.5, 0.6) is 11.5 Å². The number of hydrogen-bond acceptors (Lipinski definition) is 7. The molecule has 0 aliphatic heterocycles. The van der Waals surface area contributed by atoms with Crippen LogP contribution in [0.2, 0.25) is 5.02 Å². The van der Waals surface area contributed by atoms with E-state index in [4.69, 9.17) is 21.1 Å². The third kappa shape index (κ3) is 6.47. The molecular weight excluding hydrogens is 478 g/mol. The highest BCUT2D eigenvalue weighted by Crippen LogP contribution is 2.30. The number of para-hydroxylation sites is 1. The number of carbonyl (C=O) groups is 1. The first-order valence-electron chi connectivity index (χ1n) is 9.96. The van der Waals surface area contributed by atoms with Crippen LogP contribution in [0.3, 0.4) is 0 Å². The minimum atomic E-state index is -0.205. The Balaban J connectivity index is 1.29. The van der Waals surface area contributed by atoms with Crippen molar-refractivity contribution < 1.29 is 14.3 Å². The predicted octanol–water partition coefficient (Wildman–Crippen LogP) is 5.78. The van der Waals surface area contributed by atoms with Gasteiger partial charge in [-0.15, -0.1) is 11.3 Å². The third-order valence-corrected chi connectivity index (χ3v) is 6.89. The molecule has 1 aromatic heterocycles. The number of thioether (sulfide) groups is 1. The van der Waals surface area contributed by atoms with Gasteiger partial charge in [-0.2, -0.15) is 5.10 Å². The fraction of sp³-hybridized carbons (Fsp3) is 0.125. The quantitative estimate of drug-likeness (QED) is 0.180. The molecule has 1 amide bonds. The Labute approximate surface area is 204 Å². The van der Waals surface area contributed by atoms with Crippen molar-refractivity contribution in [3.8, 4) is 11.5 Å². The van der Waals surface area contributed by atoms with Crippen molar-refractivity contribution in [3.63, 3.8) is 0 Å². The molecule has 1 N–H and O–H groups in total. The van der Waals surface area contributed by atoms with Gasteiger partial charge in [0.1, 0.15) is 6.61 Å². The third-order valence-electron chi connectivity index (χ3n) is 4.47. The van der Waals surface area contributed by atoms with Crippen molar-refractivity contribution in [2.24, 2.45) is 5.10 Å². The van der Waals surface area contributed by atoms with Crippen LogP contribution in [0, 0.1) is 0 Å². The van der Waals surface area contributed by atoms with Gasteiger partial charge in [-0.25, -0.2) is 10.4 Å². The molecule has 0 aliphatic rings. The van der Waals surface area contributed by atoms with Crippen LogP contribution < -0.4 is 14.9 Å². The lowest BCUT2D eigenvalue weighted by Gasteiger charge is -2.11. The molecule has 0 bridgehead atoms. The van der Waals surface area contributed by atoms with Crippen LogP contribution in [0.15, 0.2) is 76.2 Å². The standard InChI is InChI=1S/C24H20ClN3O3S2/c1-30-21-12-16(9-10-20(21)31-14-17-5-4-6-18(25)11-17)13-26-28-23(29)15-32-24-27-19-7-2-3-8-22(19)33-24/h2-13H,14-15H2,1H3,(H,28,29)/b26-13-. The number of halogens is 1. The van der Waals surface area contributed by atoms with E-state index >= 15 is 0 Å². The number of nitrogens with one attached hydrogen (secondary N) is 1. The maximum Gasteiger partial charge on any atom is 0.250 e. The molecule has 4 rings (SSSR count). The fourth-order valence-corrected chi connectivity index (χ4v) is 5.00. The van der Waals surface area contributed by atoms with Crippen LogP contribution in [0.25, 0.3) is 10.2 Å².